The molecule has 0 heterocycles. The van der Waals surface area contributed by atoms with Gasteiger partial charge in [0.05, 0.1) is 0 Å². The topological polar surface area (TPSA) is 113 Å². The summed E-state index contributed by atoms with van der Waals surface area (Å²) in [6.45, 7) is 1.22. The molecule has 0 aromatic heterocycles. The summed E-state index contributed by atoms with van der Waals surface area (Å²) < 4.78 is 14.1. The minimum atomic E-state index is -1.30. The second kappa shape index (κ2) is 11.7. The number of amides is 2. The monoisotopic (exact) mass is 476 g/mol. The molecule has 0 aliphatic rings. The molecule has 0 saturated heterocycles. The van der Waals surface area contributed by atoms with Gasteiger partial charge in [-0.2, -0.15) is 0 Å². The van der Waals surface area contributed by atoms with Gasteiger partial charge in [-0.25, -0.2) is 9.18 Å². The molecule has 3 N–H and O–H groups in total. The fourth-order valence-electron chi connectivity index (χ4n) is 3.59. The fraction of sp³-hybridized carbons (Fsp3) is 0.185. The van der Waals surface area contributed by atoms with Crippen molar-refractivity contribution in [1.82, 2.24) is 10.6 Å². The quantitative estimate of drug-likeness (QED) is 0.390. The molecule has 0 unspecified atom stereocenters. The third-order valence-corrected chi connectivity index (χ3v) is 5.38. The molecule has 3 rings (SSSR count). The number of benzene rings is 3. The van der Waals surface area contributed by atoms with Crippen LogP contribution in [0.1, 0.15) is 34.0 Å². The van der Waals surface area contributed by atoms with E-state index >= 15 is 0 Å². The minimum absolute atomic E-state index is 0.0482. The number of hydrogen-bond acceptors (Lipinski definition) is 4. The number of hydrogen-bond donors (Lipinski definition) is 3. The van der Waals surface area contributed by atoms with E-state index in [2.05, 4.69) is 10.6 Å². The van der Waals surface area contributed by atoms with Gasteiger partial charge in [0.25, 0.3) is 0 Å². The van der Waals surface area contributed by atoms with Crippen LogP contribution in [0, 0.1) is 5.82 Å². The summed E-state index contributed by atoms with van der Waals surface area (Å²) in [7, 11) is 0. The van der Waals surface area contributed by atoms with Crippen molar-refractivity contribution in [1.29, 1.82) is 0 Å². The van der Waals surface area contributed by atoms with Crippen molar-refractivity contribution >= 4 is 23.6 Å². The highest BCUT2D eigenvalue weighted by Crippen LogP contribution is 2.13. The summed E-state index contributed by atoms with van der Waals surface area (Å²) in [5.74, 6) is -3.21. The first-order chi connectivity index (χ1) is 16.7. The van der Waals surface area contributed by atoms with Crippen molar-refractivity contribution in [3.05, 3.63) is 107 Å². The van der Waals surface area contributed by atoms with E-state index in [9.17, 15) is 28.7 Å². The van der Waals surface area contributed by atoms with Gasteiger partial charge in [-0.15, -0.1) is 0 Å². The lowest BCUT2D eigenvalue weighted by Gasteiger charge is -2.21. The molecule has 3 aromatic carbocycles. The third-order valence-electron chi connectivity index (χ3n) is 5.38. The molecule has 0 aliphatic carbocycles. The van der Waals surface area contributed by atoms with Crippen molar-refractivity contribution < 1.29 is 28.7 Å². The number of rotatable bonds is 10. The van der Waals surface area contributed by atoms with E-state index < -0.39 is 35.7 Å². The molecule has 0 bridgehead atoms. The minimum Gasteiger partial charge on any atom is -0.480 e. The predicted octanol–water partition coefficient (Wildman–Crippen LogP) is 2.92. The van der Waals surface area contributed by atoms with Crippen LogP contribution in [0.2, 0.25) is 0 Å². The Bertz CT molecular complexity index is 1210. The highest BCUT2D eigenvalue weighted by atomic mass is 19.1. The largest absolute Gasteiger partial charge is 0.480 e. The molecule has 180 valence electrons. The Kier molecular flexibility index (Phi) is 8.45. The summed E-state index contributed by atoms with van der Waals surface area (Å²) in [4.78, 5) is 48.8. The maximum atomic E-state index is 14.1. The predicted molar refractivity (Wildman–Crippen MR) is 127 cm³/mol. The molecule has 8 heteroatoms. The first kappa shape index (κ1) is 25.3. The lowest BCUT2D eigenvalue weighted by molar-refractivity contribution is -0.142. The molecule has 0 radical (unpaired) electrons. The number of nitrogens with one attached hydrogen (secondary N) is 2. The normalized spacial score (nSPS) is 12.3. The van der Waals surface area contributed by atoms with Crippen molar-refractivity contribution in [3.63, 3.8) is 0 Å². The zero-order chi connectivity index (χ0) is 25.4. The Labute approximate surface area is 202 Å². The molecule has 0 saturated carbocycles. The molecule has 0 spiro atoms. The van der Waals surface area contributed by atoms with Crippen LogP contribution in [-0.2, 0) is 27.2 Å². The van der Waals surface area contributed by atoms with Crippen LogP contribution in [0.15, 0.2) is 78.9 Å². The number of aliphatic carboxylic acids is 1. The molecule has 0 fully saturated rings. The van der Waals surface area contributed by atoms with Gasteiger partial charge in [0.2, 0.25) is 11.8 Å². The van der Waals surface area contributed by atoms with Gasteiger partial charge in [-0.3, -0.25) is 14.4 Å². The van der Waals surface area contributed by atoms with Gasteiger partial charge in [0.15, 0.2) is 5.78 Å². The Morgan fingerprint density at radius 3 is 1.97 bits per heavy atom. The van der Waals surface area contributed by atoms with E-state index in [0.717, 1.165) is 0 Å². The maximum absolute atomic E-state index is 14.1. The Balaban J connectivity index is 1.71. The highest BCUT2D eigenvalue weighted by Gasteiger charge is 2.27. The third kappa shape index (κ3) is 7.07. The SMILES string of the molecule is CC(=O)N[C@H](Cc1ccccc1F)C(=O)N[C@@H](Cc1ccc(C(=O)c2ccccc2)cc1)C(=O)O. The van der Waals surface area contributed by atoms with Gasteiger partial charge < -0.3 is 15.7 Å². The lowest BCUT2D eigenvalue weighted by atomic mass is 9.99. The van der Waals surface area contributed by atoms with Crippen LogP contribution in [0.25, 0.3) is 0 Å². The van der Waals surface area contributed by atoms with E-state index in [1.165, 1.54) is 25.1 Å². The van der Waals surface area contributed by atoms with E-state index in [0.29, 0.717) is 16.7 Å². The lowest BCUT2D eigenvalue weighted by Crippen LogP contribution is -2.52. The number of ketones is 1. The maximum Gasteiger partial charge on any atom is 0.326 e. The molecule has 7 nitrogen and oxygen atoms in total. The second-order valence-electron chi connectivity index (χ2n) is 8.04. The molecule has 2 atom stereocenters. The molecular formula is C27H25FN2O5. The van der Waals surface area contributed by atoms with Crippen LogP contribution >= 0.6 is 0 Å². The van der Waals surface area contributed by atoms with E-state index in [1.807, 2.05) is 6.07 Å². The van der Waals surface area contributed by atoms with Gasteiger partial charge in [-0.05, 0) is 17.2 Å². The number of carbonyl (C=O) groups excluding carboxylic acids is 3. The summed E-state index contributed by atoms with van der Waals surface area (Å²) in [6.07, 6.45) is -0.186. The van der Waals surface area contributed by atoms with Crippen LogP contribution < -0.4 is 10.6 Å². The first-order valence-corrected chi connectivity index (χ1v) is 11.0. The van der Waals surface area contributed by atoms with Gasteiger partial charge in [-0.1, -0.05) is 72.8 Å². The standard InChI is InChI=1S/C27H25FN2O5/c1-17(31)29-23(16-21-9-5-6-10-22(21)28)26(33)30-24(27(34)35)15-18-11-13-20(14-12-18)25(32)19-7-3-2-4-8-19/h2-14,23-24H,15-16H2,1H3,(H,29,31)(H,30,33)(H,34,35)/t23-,24+/m1/s1. The Morgan fingerprint density at radius 1 is 0.771 bits per heavy atom. The smallest absolute Gasteiger partial charge is 0.326 e. The van der Waals surface area contributed by atoms with Crippen molar-refractivity contribution in [2.75, 3.05) is 0 Å². The molecule has 0 aliphatic heterocycles. The van der Waals surface area contributed by atoms with E-state index in [-0.39, 0.29) is 24.2 Å². The van der Waals surface area contributed by atoms with Crippen molar-refractivity contribution in [2.45, 2.75) is 31.8 Å². The van der Waals surface area contributed by atoms with Crippen LogP contribution in [0.4, 0.5) is 4.39 Å². The van der Waals surface area contributed by atoms with Gasteiger partial charge in [0.1, 0.15) is 17.9 Å². The van der Waals surface area contributed by atoms with Crippen LogP contribution in [0.5, 0.6) is 0 Å². The van der Waals surface area contributed by atoms with E-state index in [4.69, 9.17) is 0 Å². The number of carboxylic acids is 1. The zero-order valence-electron chi connectivity index (χ0n) is 19.0. The summed E-state index contributed by atoms with van der Waals surface area (Å²) in [5.41, 5.74) is 1.79. The fourth-order valence-corrected chi connectivity index (χ4v) is 3.59. The summed E-state index contributed by atoms with van der Waals surface area (Å²) in [5, 5.41) is 14.5. The average Bonchev–Trinajstić information content (AvgIpc) is 2.84. The van der Waals surface area contributed by atoms with E-state index in [1.54, 1.807) is 54.6 Å². The molecule has 35 heavy (non-hydrogen) atoms. The number of halogens is 1. The van der Waals surface area contributed by atoms with Crippen molar-refractivity contribution in [2.24, 2.45) is 0 Å². The first-order valence-electron chi connectivity index (χ1n) is 11.0. The molecule has 3 aromatic rings. The highest BCUT2D eigenvalue weighted by molar-refractivity contribution is 6.08. The zero-order valence-corrected chi connectivity index (χ0v) is 19.0. The number of carboxylic acid groups (broad SMARTS) is 1. The van der Waals surface area contributed by atoms with Gasteiger partial charge in [0, 0.05) is 30.9 Å². The second-order valence-corrected chi connectivity index (χ2v) is 8.04. The van der Waals surface area contributed by atoms with Crippen LogP contribution in [-0.4, -0.2) is 40.8 Å². The Hall–Kier alpha value is -4.33. The average molecular weight is 477 g/mol. The molecule has 2 amide bonds. The molecular weight excluding hydrogens is 451 g/mol. The Morgan fingerprint density at radius 2 is 1.37 bits per heavy atom. The summed E-state index contributed by atoms with van der Waals surface area (Å²) in [6, 6.07) is 18.6. The summed E-state index contributed by atoms with van der Waals surface area (Å²) >= 11 is 0. The van der Waals surface area contributed by atoms with Crippen LogP contribution in [0.3, 0.4) is 0 Å². The van der Waals surface area contributed by atoms with Crippen molar-refractivity contribution in [3.8, 4) is 0 Å². The van der Waals surface area contributed by atoms with Gasteiger partial charge >= 0.3 is 5.97 Å². The number of carbonyl (C=O) groups is 4.